The molecule has 8 bridgehead atoms. The van der Waals surface area contributed by atoms with Gasteiger partial charge in [0.15, 0.2) is 17.6 Å². The molecule has 90 heavy (non-hydrogen) atoms. The van der Waals surface area contributed by atoms with Crippen molar-refractivity contribution < 1.29 is 67.7 Å². The number of carbonyl (C=O) groups is 6. The van der Waals surface area contributed by atoms with Crippen LogP contribution in [0, 0.1) is 47.3 Å². The summed E-state index contributed by atoms with van der Waals surface area (Å²) < 4.78 is 89.7. The Morgan fingerprint density at radius 3 is 0.544 bits per heavy atom. The fourth-order valence-corrected chi connectivity index (χ4v) is 18.2. The summed E-state index contributed by atoms with van der Waals surface area (Å²) in [7, 11) is -13.2. The molecule has 12 aliphatic rings. The highest BCUT2D eigenvalue weighted by Crippen LogP contribution is 2.46. The molecule has 26 nitrogen and oxygen atoms in total. The Morgan fingerprint density at radius 1 is 0.289 bits per heavy atom. The van der Waals surface area contributed by atoms with Gasteiger partial charge in [-0.15, -0.1) is 0 Å². The molecule has 8 aliphatic heterocycles. The van der Waals surface area contributed by atoms with Gasteiger partial charge in [0.2, 0.25) is 0 Å². The van der Waals surface area contributed by atoms with Crippen LogP contribution < -0.4 is 42.5 Å². The zero-order valence-corrected chi connectivity index (χ0v) is 54.3. The van der Waals surface area contributed by atoms with Crippen LogP contribution in [0.3, 0.4) is 0 Å². The molecule has 6 amide bonds. The molecule has 8 unspecified atom stereocenters. The molecule has 9 fully saturated rings. The van der Waals surface area contributed by atoms with E-state index in [2.05, 4.69) is 42.5 Å². The minimum absolute atomic E-state index is 0. The minimum atomic E-state index is -4.41. The first-order valence-corrected chi connectivity index (χ1v) is 35.6. The fourth-order valence-electron chi connectivity index (χ4n) is 16.5. The highest BCUT2D eigenvalue weighted by molar-refractivity contribution is 7.86. The molecule has 8 atom stereocenters. The van der Waals surface area contributed by atoms with Crippen LogP contribution in [0.5, 0.6) is 0 Å². The lowest BCUT2D eigenvalue weighted by Gasteiger charge is -2.35. The topological polar surface area (TPSA) is 371 Å². The van der Waals surface area contributed by atoms with Crippen molar-refractivity contribution in [3.05, 3.63) is 106 Å². The van der Waals surface area contributed by atoms with Gasteiger partial charge >= 0.3 is 0 Å². The minimum Gasteiger partial charge on any atom is -0.286 e. The van der Waals surface area contributed by atoms with E-state index in [9.17, 15) is 54.0 Å². The van der Waals surface area contributed by atoms with E-state index in [4.69, 9.17) is 13.7 Å². The van der Waals surface area contributed by atoms with Crippen molar-refractivity contribution in [2.24, 2.45) is 47.3 Å². The van der Waals surface area contributed by atoms with Crippen molar-refractivity contribution in [2.45, 2.75) is 152 Å². The number of carbonyl (C=O) groups excluding carboxylic acids is 6. The summed E-state index contributed by atoms with van der Waals surface area (Å²) in [5.74, 6) is -1.33. The van der Waals surface area contributed by atoms with Crippen LogP contribution in [0.1, 0.15) is 165 Å². The molecule has 0 spiro atoms. The number of amides is 6. The molecular formula is C59H77Al2N11O15S3. The lowest BCUT2D eigenvalue weighted by molar-refractivity contribution is 0.0663. The van der Waals surface area contributed by atoms with Crippen LogP contribution in [0.15, 0.2) is 72.8 Å². The Bertz CT molecular complexity index is 3030. The maximum atomic E-state index is 11.6. The molecular weight excluding hydrogens is 1250 g/mol. The lowest BCUT2D eigenvalue weighted by Crippen LogP contribution is -2.61. The highest BCUT2D eigenvalue weighted by atomic mass is 32.2. The molecule has 8 heterocycles. The van der Waals surface area contributed by atoms with Gasteiger partial charge in [-0.1, -0.05) is 87.8 Å². The lowest BCUT2D eigenvalue weighted by atomic mass is 9.76. The Hall–Kier alpha value is -4.45. The molecule has 11 N–H and O–H groups in total. The number of imide groups is 3. The van der Waals surface area contributed by atoms with Gasteiger partial charge in [0.1, 0.15) is 0 Å². The number of hydrogen-bond donors (Lipinski definition) is 11. The third-order valence-electron chi connectivity index (χ3n) is 20.3. The third-order valence-corrected chi connectivity index (χ3v) is 22.1. The predicted molar refractivity (Wildman–Crippen MR) is 329 cm³/mol. The highest BCUT2D eigenvalue weighted by Gasteiger charge is 2.55. The zero-order chi connectivity index (χ0) is 62.0. The standard InChI is InChI=1S/C32H56N8.3C9H7NO5S.2Al/c1-2-10-18-17(9-1)25-33-26(18)38-28-21-13-5-6-14-22(21)30(35-28)40-32-24-16-8-7-15-23(24)31(36-32)39-29-20-12-4-3-11-19(20)27(34-29)37-25;3*11-8-6-3-1-2-4-7(6)9(12)10(8)5-16(13,14)15;;/h17-40H,1-16H2;3*1-4H,5H2,(H,13,14,15);;. The Balaban J connectivity index is 0.000000148. The van der Waals surface area contributed by atoms with Gasteiger partial charge in [-0.2, -0.15) is 25.3 Å². The van der Waals surface area contributed by atoms with Crippen molar-refractivity contribution in [3.63, 3.8) is 0 Å². The van der Waals surface area contributed by atoms with Crippen molar-refractivity contribution >= 4 is 101 Å². The predicted octanol–water partition coefficient (Wildman–Crippen LogP) is 2.23. The van der Waals surface area contributed by atoms with Crippen LogP contribution in [-0.2, 0) is 30.4 Å². The van der Waals surface area contributed by atoms with E-state index < -0.39 is 83.4 Å². The van der Waals surface area contributed by atoms with Gasteiger partial charge in [0, 0.05) is 34.7 Å². The van der Waals surface area contributed by atoms with Crippen LogP contribution in [0.4, 0.5) is 0 Å². The van der Waals surface area contributed by atoms with E-state index in [1.54, 1.807) is 36.4 Å². The van der Waals surface area contributed by atoms with Gasteiger partial charge in [-0.3, -0.25) is 99.7 Å². The van der Waals surface area contributed by atoms with Crippen molar-refractivity contribution in [2.75, 3.05) is 17.6 Å². The number of nitrogens with one attached hydrogen (secondary N) is 8. The zero-order valence-electron chi connectivity index (χ0n) is 49.6. The van der Waals surface area contributed by atoms with Crippen LogP contribution in [-0.4, -0.2) is 191 Å². The SMILES string of the molecule is C1CCC2C3NC(NC4NC(NC5NC(NC6NC(N3)C3CCCCC63)C3CCCCC53)C3CCCCC43)C2C1.O=C1c2ccccc2C(=O)N1CS(=O)(=O)O.O=C1c2ccccc2C(=O)N1CS(=O)(=O)O.O=C1c2ccccc2C(=O)N1CS(=O)(=O)O.[Al].[Al]. The summed E-state index contributed by atoms with van der Waals surface area (Å²) in [5, 5.41) is 33.8. The molecule has 3 aromatic carbocycles. The first kappa shape index (κ1) is 68.4. The quantitative estimate of drug-likeness (QED) is 0.0957. The van der Waals surface area contributed by atoms with Crippen LogP contribution in [0.2, 0.25) is 0 Å². The smallest absolute Gasteiger partial charge is 0.283 e. The number of fused-ring (bicyclic) bond motifs is 23. The number of nitrogens with zero attached hydrogens (tertiary/aromatic N) is 3. The summed E-state index contributed by atoms with van der Waals surface area (Å²) >= 11 is 0. The van der Waals surface area contributed by atoms with E-state index in [-0.39, 0.29) is 68.1 Å². The maximum absolute atomic E-state index is 11.6. The summed E-state index contributed by atoms with van der Waals surface area (Å²) in [6.07, 6.45) is 25.6. The van der Waals surface area contributed by atoms with Crippen molar-refractivity contribution in [1.82, 2.24) is 57.2 Å². The molecule has 482 valence electrons. The molecule has 4 saturated carbocycles. The molecule has 5 saturated heterocycles. The van der Waals surface area contributed by atoms with Crippen molar-refractivity contribution in [3.8, 4) is 0 Å². The largest absolute Gasteiger partial charge is 0.286 e. The molecule has 0 aromatic heterocycles. The van der Waals surface area contributed by atoms with Gasteiger partial charge < -0.3 is 0 Å². The number of benzene rings is 3. The van der Waals surface area contributed by atoms with E-state index in [1.807, 2.05) is 0 Å². The monoisotopic (exact) mass is 1330 g/mol. The van der Waals surface area contributed by atoms with E-state index >= 15 is 0 Å². The van der Waals surface area contributed by atoms with E-state index in [1.165, 1.54) is 139 Å². The Labute approximate surface area is 545 Å². The number of rotatable bonds is 6. The summed E-state index contributed by atoms with van der Waals surface area (Å²) in [5.41, 5.74) is 0.895. The van der Waals surface area contributed by atoms with Gasteiger partial charge in [0.25, 0.3) is 65.8 Å². The second kappa shape index (κ2) is 27.9. The molecule has 15 rings (SSSR count). The van der Waals surface area contributed by atoms with Gasteiger partial charge in [-0.25, -0.2) is 0 Å². The Morgan fingerprint density at radius 2 is 0.422 bits per heavy atom. The average Bonchev–Trinajstić information content (AvgIpc) is 1.64. The molecule has 31 heteroatoms. The maximum Gasteiger partial charge on any atom is 0.283 e. The fraction of sp³-hybridized carbons (Fsp3) is 0.593. The summed E-state index contributed by atoms with van der Waals surface area (Å²) in [6.45, 7) is 0. The first-order valence-electron chi connectivity index (χ1n) is 30.8. The van der Waals surface area contributed by atoms with Crippen molar-refractivity contribution in [1.29, 1.82) is 0 Å². The van der Waals surface area contributed by atoms with Gasteiger partial charge in [0.05, 0.1) is 82.7 Å². The molecule has 3 aromatic rings. The summed E-state index contributed by atoms with van der Waals surface area (Å²) in [4.78, 5) is 71.2. The van der Waals surface area contributed by atoms with E-state index in [0.29, 0.717) is 64.0 Å². The number of hydrogen-bond acceptors (Lipinski definition) is 20. The molecule has 4 aliphatic carbocycles. The second-order valence-corrected chi connectivity index (χ2v) is 29.8. The average molecular weight is 1330 g/mol. The third kappa shape index (κ3) is 14.3. The van der Waals surface area contributed by atoms with Crippen LogP contribution >= 0.6 is 0 Å². The normalized spacial score (nSPS) is 33.8. The van der Waals surface area contributed by atoms with Gasteiger partial charge in [-0.05, 0) is 135 Å². The first-order chi connectivity index (χ1) is 42.0. The Kier molecular flexibility index (Phi) is 21.2. The summed E-state index contributed by atoms with van der Waals surface area (Å²) in [6, 6.07) is 18.0. The van der Waals surface area contributed by atoms with Crippen LogP contribution in [0.25, 0.3) is 0 Å². The molecule has 6 radical (unpaired) electrons. The second-order valence-electron chi connectivity index (χ2n) is 25.5. The van der Waals surface area contributed by atoms with E-state index in [0.717, 1.165) is 47.3 Å².